The number of methoxy groups -OCH3 is 1. The van der Waals surface area contributed by atoms with Crippen molar-refractivity contribution in [2.24, 2.45) is 0 Å². The molecular formula is C16H21N3O. The van der Waals surface area contributed by atoms with Crippen molar-refractivity contribution in [2.75, 3.05) is 24.3 Å². The zero-order chi connectivity index (χ0) is 14.2. The molecule has 106 valence electrons. The summed E-state index contributed by atoms with van der Waals surface area (Å²) in [5.74, 6) is 2.65. The fourth-order valence-corrected chi connectivity index (χ4v) is 1.92. The Kier molecular flexibility index (Phi) is 5.24. The molecule has 0 spiro atoms. The highest BCUT2D eigenvalue weighted by Crippen LogP contribution is 2.18. The molecule has 0 aliphatic rings. The molecule has 2 N–H and O–H groups in total. The predicted octanol–water partition coefficient (Wildman–Crippen LogP) is 3.52. The van der Waals surface area contributed by atoms with E-state index in [9.17, 15) is 0 Å². The van der Waals surface area contributed by atoms with Gasteiger partial charge >= 0.3 is 0 Å². The standard InChI is InChI=1S/C16H21N3O/c1-3-11-17-15-9-6-10-16(19-15)18-12-13-7-4-5-8-14(13)20-2/h4-10H,3,11-12H2,1-2H3,(H2,17,18,19). The second-order valence-corrected chi connectivity index (χ2v) is 4.50. The van der Waals surface area contributed by atoms with Crippen LogP contribution in [0.4, 0.5) is 11.6 Å². The summed E-state index contributed by atoms with van der Waals surface area (Å²) in [4.78, 5) is 4.52. The number of hydrogen-bond donors (Lipinski definition) is 2. The van der Waals surface area contributed by atoms with Crippen molar-refractivity contribution in [3.63, 3.8) is 0 Å². The van der Waals surface area contributed by atoms with Crippen LogP contribution in [0.2, 0.25) is 0 Å². The molecule has 0 aliphatic heterocycles. The minimum atomic E-state index is 0.689. The molecule has 4 nitrogen and oxygen atoms in total. The maximum Gasteiger partial charge on any atom is 0.128 e. The minimum Gasteiger partial charge on any atom is -0.496 e. The first kappa shape index (κ1) is 14.2. The largest absolute Gasteiger partial charge is 0.496 e. The maximum absolute atomic E-state index is 5.34. The van der Waals surface area contributed by atoms with Crippen LogP contribution in [0.5, 0.6) is 5.75 Å². The molecule has 2 aromatic rings. The summed E-state index contributed by atoms with van der Waals surface area (Å²) in [5.41, 5.74) is 1.11. The van der Waals surface area contributed by atoms with Crippen molar-refractivity contribution in [3.05, 3.63) is 48.0 Å². The number of pyridine rings is 1. The molecule has 0 fully saturated rings. The molecular weight excluding hydrogens is 250 g/mol. The predicted molar refractivity (Wildman–Crippen MR) is 83.3 cm³/mol. The second-order valence-electron chi connectivity index (χ2n) is 4.50. The van der Waals surface area contributed by atoms with E-state index in [1.165, 1.54) is 0 Å². The highest BCUT2D eigenvalue weighted by atomic mass is 16.5. The summed E-state index contributed by atoms with van der Waals surface area (Å²) >= 11 is 0. The Labute approximate surface area is 120 Å². The van der Waals surface area contributed by atoms with Crippen LogP contribution in [0.15, 0.2) is 42.5 Å². The molecule has 20 heavy (non-hydrogen) atoms. The van der Waals surface area contributed by atoms with E-state index in [1.807, 2.05) is 42.5 Å². The van der Waals surface area contributed by atoms with E-state index in [1.54, 1.807) is 7.11 Å². The number of nitrogens with zero attached hydrogens (tertiary/aromatic N) is 1. The van der Waals surface area contributed by atoms with Gasteiger partial charge in [0.05, 0.1) is 7.11 Å². The van der Waals surface area contributed by atoms with Crippen molar-refractivity contribution in [3.8, 4) is 5.75 Å². The first-order valence-electron chi connectivity index (χ1n) is 6.90. The number of benzene rings is 1. The highest BCUT2D eigenvalue weighted by molar-refractivity contribution is 5.46. The Bertz CT molecular complexity index is 543. The lowest BCUT2D eigenvalue weighted by atomic mass is 10.2. The zero-order valence-corrected chi connectivity index (χ0v) is 12.0. The van der Waals surface area contributed by atoms with Crippen LogP contribution in [-0.2, 0) is 6.54 Å². The van der Waals surface area contributed by atoms with Gasteiger partial charge in [0, 0.05) is 18.7 Å². The molecule has 0 saturated carbocycles. The molecule has 0 amide bonds. The third-order valence-electron chi connectivity index (χ3n) is 2.96. The second kappa shape index (κ2) is 7.38. The van der Waals surface area contributed by atoms with Gasteiger partial charge in [-0.2, -0.15) is 0 Å². The Morgan fingerprint density at radius 3 is 2.50 bits per heavy atom. The monoisotopic (exact) mass is 271 g/mol. The van der Waals surface area contributed by atoms with Crippen LogP contribution < -0.4 is 15.4 Å². The van der Waals surface area contributed by atoms with Crippen LogP contribution in [0.1, 0.15) is 18.9 Å². The number of para-hydroxylation sites is 1. The van der Waals surface area contributed by atoms with Gasteiger partial charge in [0.2, 0.25) is 0 Å². The Morgan fingerprint density at radius 2 is 1.75 bits per heavy atom. The summed E-state index contributed by atoms with van der Waals surface area (Å²) < 4.78 is 5.34. The summed E-state index contributed by atoms with van der Waals surface area (Å²) in [6, 6.07) is 13.9. The first-order valence-corrected chi connectivity index (χ1v) is 6.90. The molecule has 0 aliphatic carbocycles. The normalized spacial score (nSPS) is 10.1. The van der Waals surface area contributed by atoms with Gasteiger partial charge in [-0.1, -0.05) is 31.2 Å². The lowest BCUT2D eigenvalue weighted by molar-refractivity contribution is 0.410. The average Bonchev–Trinajstić information content (AvgIpc) is 2.51. The van der Waals surface area contributed by atoms with E-state index in [0.717, 1.165) is 35.9 Å². The van der Waals surface area contributed by atoms with Crippen molar-refractivity contribution < 1.29 is 4.74 Å². The topological polar surface area (TPSA) is 46.2 Å². The molecule has 4 heteroatoms. The Balaban J connectivity index is 1.99. The SMILES string of the molecule is CCCNc1cccc(NCc2ccccc2OC)n1. The van der Waals surface area contributed by atoms with Gasteiger partial charge in [-0.05, 0) is 24.6 Å². The highest BCUT2D eigenvalue weighted by Gasteiger charge is 2.02. The fraction of sp³-hybridized carbons (Fsp3) is 0.312. The van der Waals surface area contributed by atoms with E-state index in [-0.39, 0.29) is 0 Å². The van der Waals surface area contributed by atoms with Gasteiger partial charge in [0.1, 0.15) is 17.4 Å². The molecule has 0 bridgehead atoms. The molecule has 1 aromatic heterocycles. The van der Waals surface area contributed by atoms with E-state index < -0.39 is 0 Å². The zero-order valence-electron chi connectivity index (χ0n) is 12.0. The smallest absolute Gasteiger partial charge is 0.128 e. The lowest BCUT2D eigenvalue weighted by Crippen LogP contribution is -2.06. The molecule has 1 aromatic carbocycles. The van der Waals surface area contributed by atoms with E-state index in [0.29, 0.717) is 6.54 Å². The van der Waals surface area contributed by atoms with Crippen molar-refractivity contribution >= 4 is 11.6 Å². The van der Waals surface area contributed by atoms with Gasteiger partial charge in [-0.3, -0.25) is 0 Å². The number of ether oxygens (including phenoxy) is 1. The summed E-state index contributed by atoms with van der Waals surface area (Å²) in [6.07, 6.45) is 1.08. The van der Waals surface area contributed by atoms with Crippen molar-refractivity contribution in [1.82, 2.24) is 4.98 Å². The van der Waals surface area contributed by atoms with Crippen molar-refractivity contribution in [2.45, 2.75) is 19.9 Å². The van der Waals surface area contributed by atoms with Crippen molar-refractivity contribution in [1.29, 1.82) is 0 Å². The Hall–Kier alpha value is -2.23. The molecule has 0 atom stereocenters. The van der Waals surface area contributed by atoms with Crippen LogP contribution in [-0.4, -0.2) is 18.6 Å². The molecule has 0 unspecified atom stereocenters. The Morgan fingerprint density at radius 1 is 1.00 bits per heavy atom. The van der Waals surface area contributed by atoms with Crippen LogP contribution >= 0.6 is 0 Å². The number of nitrogens with one attached hydrogen (secondary N) is 2. The summed E-state index contributed by atoms with van der Waals surface area (Å²) in [5, 5.41) is 6.60. The fourth-order valence-electron chi connectivity index (χ4n) is 1.92. The van der Waals surface area contributed by atoms with Crippen LogP contribution in [0.3, 0.4) is 0 Å². The quantitative estimate of drug-likeness (QED) is 0.808. The van der Waals surface area contributed by atoms with Gasteiger partial charge in [-0.25, -0.2) is 4.98 Å². The van der Waals surface area contributed by atoms with Gasteiger partial charge in [-0.15, -0.1) is 0 Å². The van der Waals surface area contributed by atoms with E-state index in [2.05, 4.69) is 22.5 Å². The van der Waals surface area contributed by atoms with Crippen LogP contribution in [0.25, 0.3) is 0 Å². The maximum atomic E-state index is 5.34. The summed E-state index contributed by atoms with van der Waals surface area (Å²) in [6.45, 7) is 3.76. The van der Waals surface area contributed by atoms with E-state index >= 15 is 0 Å². The van der Waals surface area contributed by atoms with Crippen LogP contribution in [0, 0.1) is 0 Å². The lowest BCUT2D eigenvalue weighted by Gasteiger charge is -2.11. The summed E-state index contributed by atoms with van der Waals surface area (Å²) in [7, 11) is 1.69. The first-order chi connectivity index (χ1) is 9.83. The van der Waals surface area contributed by atoms with Gasteiger partial charge in [0.25, 0.3) is 0 Å². The number of anilines is 2. The number of hydrogen-bond acceptors (Lipinski definition) is 4. The molecule has 1 heterocycles. The number of rotatable bonds is 7. The number of aromatic nitrogens is 1. The molecule has 0 radical (unpaired) electrons. The van der Waals surface area contributed by atoms with Gasteiger partial charge in [0.15, 0.2) is 0 Å². The van der Waals surface area contributed by atoms with E-state index in [4.69, 9.17) is 4.74 Å². The minimum absolute atomic E-state index is 0.689. The average molecular weight is 271 g/mol. The molecule has 0 saturated heterocycles. The third kappa shape index (κ3) is 3.88. The third-order valence-corrected chi connectivity index (χ3v) is 2.96. The van der Waals surface area contributed by atoms with Gasteiger partial charge < -0.3 is 15.4 Å². The molecule has 2 rings (SSSR count).